The molecule has 1 saturated carbocycles. The Bertz CT molecular complexity index is 268. The molecule has 2 atom stereocenters. The van der Waals surface area contributed by atoms with Gasteiger partial charge in [-0.1, -0.05) is 0 Å². The standard InChI is InChI=1S/C11H21N3O2/c1-3-13-10(15)7-14(2)11(16)8-4-5-9(12)6-8/h8-9H,3-7,12H2,1-2H3,(H,13,15). The molecule has 0 aromatic heterocycles. The number of carbonyl (C=O) groups excluding carboxylic acids is 2. The molecule has 0 aromatic rings. The van der Waals surface area contributed by atoms with E-state index in [4.69, 9.17) is 5.73 Å². The van der Waals surface area contributed by atoms with Gasteiger partial charge in [0.25, 0.3) is 0 Å². The number of likely N-dealkylation sites (N-methyl/N-ethyl adjacent to an activating group) is 2. The van der Waals surface area contributed by atoms with Crippen molar-refractivity contribution in [2.75, 3.05) is 20.1 Å². The lowest BCUT2D eigenvalue weighted by atomic mass is 10.1. The minimum Gasteiger partial charge on any atom is -0.355 e. The molecule has 16 heavy (non-hydrogen) atoms. The van der Waals surface area contributed by atoms with Gasteiger partial charge in [0.05, 0.1) is 6.54 Å². The summed E-state index contributed by atoms with van der Waals surface area (Å²) in [6.45, 7) is 2.59. The van der Waals surface area contributed by atoms with Gasteiger partial charge in [0, 0.05) is 25.6 Å². The maximum Gasteiger partial charge on any atom is 0.239 e. The fourth-order valence-corrected chi connectivity index (χ4v) is 2.10. The average molecular weight is 227 g/mol. The Balaban J connectivity index is 2.38. The lowest BCUT2D eigenvalue weighted by Crippen LogP contribution is -2.40. The van der Waals surface area contributed by atoms with Crippen LogP contribution in [0.1, 0.15) is 26.2 Å². The summed E-state index contributed by atoms with van der Waals surface area (Å²) in [5.74, 6) is -0.0609. The Morgan fingerprint density at radius 3 is 2.62 bits per heavy atom. The minimum absolute atomic E-state index is 0.00873. The summed E-state index contributed by atoms with van der Waals surface area (Å²) in [5.41, 5.74) is 5.76. The van der Waals surface area contributed by atoms with E-state index >= 15 is 0 Å². The van der Waals surface area contributed by atoms with Crippen molar-refractivity contribution in [2.24, 2.45) is 11.7 Å². The van der Waals surface area contributed by atoms with Gasteiger partial charge in [-0.2, -0.15) is 0 Å². The monoisotopic (exact) mass is 227 g/mol. The van der Waals surface area contributed by atoms with E-state index in [9.17, 15) is 9.59 Å². The number of amides is 2. The number of hydrogen-bond donors (Lipinski definition) is 2. The Morgan fingerprint density at radius 1 is 1.44 bits per heavy atom. The van der Waals surface area contributed by atoms with E-state index in [-0.39, 0.29) is 30.3 Å². The molecule has 0 radical (unpaired) electrons. The second-order valence-corrected chi connectivity index (χ2v) is 4.42. The van der Waals surface area contributed by atoms with Gasteiger partial charge >= 0.3 is 0 Å². The topological polar surface area (TPSA) is 75.4 Å². The van der Waals surface area contributed by atoms with Crippen LogP contribution in [-0.4, -0.2) is 42.9 Å². The van der Waals surface area contributed by atoms with Crippen LogP contribution in [0.3, 0.4) is 0 Å². The summed E-state index contributed by atoms with van der Waals surface area (Å²) >= 11 is 0. The van der Waals surface area contributed by atoms with Crippen LogP contribution < -0.4 is 11.1 Å². The molecule has 0 spiro atoms. The first-order chi connectivity index (χ1) is 7.54. The zero-order valence-electron chi connectivity index (χ0n) is 10.0. The van der Waals surface area contributed by atoms with Gasteiger partial charge in [-0.25, -0.2) is 0 Å². The van der Waals surface area contributed by atoms with Crippen molar-refractivity contribution in [3.05, 3.63) is 0 Å². The lowest BCUT2D eigenvalue weighted by Gasteiger charge is -2.20. The van der Waals surface area contributed by atoms with Crippen LogP contribution in [-0.2, 0) is 9.59 Å². The van der Waals surface area contributed by atoms with Gasteiger partial charge in [0.1, 0.15) is 0 Å². The van der Waals surface area contributed by atoms with Crippen molar-refractivity contribution in [3.63, 3.8) is 0 Å². The maximum absolute atomic E-state index is 11.9. The number of carbonyl (C=O) groups is 2. The third kappa shape index (κ3) is 3.48. The second-order valence-electron chi connectivity index (χ2n) is 4.42. The van der Waals surface area contributed by atoms with Crippen molar-refractivity contribution in [1.29, 1.82) is 0 Å². The first-order valence-corrected chi connectivity index (χ1v) is 5.81. The number of rotatable bonds is 4. The van der Waals surface area contributed by atoms with Crippen molar-refractivity contribution in [2.45, 2.75) is 32.2 Å². The normalized spacial score (nSPS) is 24.2. The van der Waals surface area contributed by atoms with Crippen LogP contribution >= 0.6 is 0 Å². The summed E-state index contributed by atoms with van der Waals surface area (Å²) in [4.78, 5) is 24.7. The quantitative estimate of drug-likeness (QED) is 0.693. The van der Waals surface area contributed by atoms with Gasteiger partial charge in [-0.15, -0.1) is 0 Å². The smallest absolute Gasteiger partial charge is 0.239 e. The summed E-state index contributed by atoms with van der Waals surface area (Å²) in [7, 11) is 1.67. The summed E-state index contributed by atoms with van der Waals surface area (Å²) < 4.78 is 0. The van der Waals surface area contributed by atoms with Crippen LogP contribution in [0.4, 0.5) is 0 Å². The van der Waals surface area contributed by atoms with Crippen molar-refractivity contribution in [3.8, 4) is 0 Å². The molecule has 0 bridgehead atoms. The third-order valence-electron chi connectivity index (χ3n) is 2.95. The maximum atomic E-state index is 11.9. The summed E-state index contributed by atoms with van der Waals surface area (Å²) in [6.07, 6.45) is 2.50. The predicted octanol–water partition coefficient (Wildman–Crippen LogP) is -0.292. The first-order valence-electron chi connectivity index (χ1n) is 5.81. The first kappa shape index (κ1) is 13.0. The van der Waals surface area contributed by atoms with Crippen LogP contribution in [0.25, 0.3) is 0 Å². The van der Waals surface area contributed by atoms with E-state index in [1.165, 1.54) is 4.90 Å². The zero-order chi connectivity index (χ0) is 12.1. The minimum atomic E-state index is -0.111. The highest BCUT2D eigenvalue weighted by atomic mass is 16.2. The van der Waals surface area contributed by atoms with Crippen molar-refractivity contribution in [1.82, 2.24) is 10.2 Å². The van der Waals surface area contributed by atoms with Crippen LogP contribution in [0.5, 0.6) is 0 Å². The summed E-state index contributed by atoms with van der Waals surface area (Å²) in [5, 5.41) is 2.67. The fourth-order valence-electron chi connectivity index (χ4n) is 2.10. The molecule has 1 rings (SSSR count). The molecule has 0 aliphatic heterocycles. The fraction of sp³-hybridized carbons (Fsp3) is 0.818. The van der Waals surface area contributed by atoms with Gasteiger partial charge in [-0.3, -0.25) is 9.59 Å². The van der Waals surface area contributed by atoms with E-state index in [0.29, 0.717) is 6.54 Å². The van der Waals surface area contributed by atoms with E-state index in [1.807, 2.05) is 6.92 Å². The average Bonchev–Trinajstić information content (AvgIpc) is 2.64. The SMILES string of the molecule is CCNC(=O)CN(C)C(=O)C1CCC(N)C1. The molecular formula is C11H21N3O2. The highest BCUT2D eigenvalue weighted by Gasteiger charge is 2.30. The molecular weight excluding hydrogens is 206 g/mol. The number of hydrogen-bond acceptors (Lipinski definition) is 3. The van der Waals surface area contributed by atoms with Gasteiger partial charge in [-0.05, 0) is 26.2 Å². The highest BCUT2D eigenvalue weighted by molar-refractivity contribution is 5.85. The molecule has 2 amide bonds. The number of nitrogens with two attached hydrogens (primary N) is 1. The summed E-state index contributed by atoms with van der Waals surface area (Å²) in [6, 6.07) is 0.145. The largest absolute Gasteiger partial charge is 0.355 e. The molecule has 0 aromatic carbocycles. The second kappa shape index (κ2) is 5.84. The molecule has 3 N–H and O–H groups in total. The molecule has 0 saturated heterocycles. The Morgan fingerprint density at radius 2 is 2.12 bits per heavy atom. The lowest BCUT2D eigenvalue weighted by molar-refractivity contribution is -0.137. The number of nitrogens with zero attached hydrogens (tertiary/aromatic N) is 1. The molecule has 2 unspecified atom stereocenters. The number of nitrogens with one attached hydrogen (secondary N) is 1. The van der Waals surface area contributed by atoms with Gasteiger partial charge < -0.3 is 16.0 Å². The molecule has 1 aliphatic rings. The van der Waals surface area contributed by atoms with Gasteiger partial charge in [0.2, 0.25) is 11.8 Å². The Labute approximate surface area is 96.4 Å². The highest BCUT2D eigenvalue weighted by Crippen LogP contribution is 2.25. The van der Waals surface area contributed by atoms with Crippen molar-refractivity contribution < 1.29 is 9.59 Å². The Kier molecular flexibility index (Phi) is 4.73. The zero-order valence-corrected chi connectivity index (χ0v) is 10.0. The molecule has 0 heterocycles. The van der Waals surface area contributed by atoms with E-state index in [1.54, 1.807) is 7.05 Å². The van der Waals surface area contributed by atoms with E-state index in [2.05, 4.69) is 5.32 Å². The van der Waals surface area contributed by atoms with Crippen LogP contribution in [0.15, 0.2) is 0 Å². The molecule has 1 fully saturated rings. The van der Waals surface area contributed by atoms with Crippen molar-refractivity contribution >= 4 is 11.8 Å². The van der Waals surface area contributed by atoms with E-state index in [0.717, 1.165) is 19.3 Å². The molecule has 5 nitrogen and oxygen atoms in total. The Hall–Kier alpha value is -1.10. The van der Waals surface area contributed by atoms with Crippen LogP contribution in [0.2, 0.25) is 0 Å². The van der Waals surface area contributed by atoms with Gasteiger partial charge in [0.15, 0.2) is 0 Å². The molecule has 92 valence electrons. The molecule has 5 heteroatoms. The predicted molar refractivity (Wildman–Crippen MR) is 61.6 cm³/mol. The molecule has 1 aliphatic carbocycles. The van der Waals surface area contributed by atoms with E-state index < -0.39 is 0 Å². The third-order valence-corrected chi connectivity index (χ3v) is 2.95. The van der Waals surface area contributed by atoms with Crippen LogP contribution in [0, 0.1) is 5.92 Å².